The van der Waals surface area contributed by atoms with Crippen LogP contribution in [0.1, 0.15) is 16.5 Å². The third-order valence-electron chi connectivity index (χ3n) is 2.12. The van der Waals surface area contributed by atoms with Gasteiger partial charge in [-0.05, 0) is 29.8 Å². The molecule has 0 saturated heterocycles. The summed E-state index contributed by atoms with van der Waals surface area (Å²) in [5, 5.41) is 9.57. The predicted molar refractivity (Wildman–Crippen MR) is 65.3 cm³/mol. The van der Waals surface area contributed by atoms with E-state index < -0.39 is 0 Å². The van der Waals surface area contributed by atoms with Crippen molar-refractivity contribution in [3.05, 3.63) is 44.6 Å². The molecule has 0 saturated carbocycles. The van der Waals surface area contributed by atoms with E-state index in [0.29, 0.717) is 10.0 Å². The van der Waals surface area contributed by atoms with Crippen LogP contribution < -0.4 is 0 Å². The molecule has 0 aliphatic rings. The van der Waals surface area contributed by atoms with E-state index in [-0.39, 0.29) is 17.8 Å². The third-order valence-corrected chi connectivity index (χ3v) is 3.65. The van der Waals surface area contributed by atoms with E-state index in [1.165, 1.54) is 11.3 Å². The Labute approximate surface area is 107 Å². The summed E-state index contributed by atoms with van der Waals surface area (Å²) in [6.07, 6.45) is 1.57. The van der Waals surface area contributed by atoms with Crippen LogP contribution in [0, 0.1) is 0 Å². The van der Waals surface area contributed by atoms with Crippen LogP contribution in [0.5, 0.6) is 0 Å². The molecule has 1 atom stereocenters. The van der Waals surface area contributed by atoms with Crippen molar-refractivity contribution >= 4 is 34.5 Å². The lowest BCUT2D eigenvalue weighted by atomic mass is 10.0. The van der Waals surface area contributed by atoms with Gasteiger partial charge >= 0.3 is 0 Å². The number of rotatable bonds is 3. The van der Waals surface area contributed by atoms with Crippen LogP contribution in [0.15, 0.2) is 24.4 Å². The highest BCUT2D eigenvalue weighted by Gasteiger charge is 2.17. The number of nitrogens with zero attached hydrogens (tertiary/aromatic N) is 2. The molecule has 16 heavy (non-hydrogen) atoms. The van der Waals surface area contributed by atoms with E-state index in [2.05, 4.69) is 9.97 Å². The van der Waals surface area contributed by atoms with E-state index in [1.807, 2.05) is 6.07 Å². The molecule has 0 fully saturated rings. The number of halogens is 2. The fraction of sp³-hybridized carbons (Fsp3) is 0.200. The van der Waals surface area contributed by atoms with Crippen molar-refractivity contribution in [1.29, 1.82) is 0 Å². The average Bonchev–Trinajstić information content (AvgIpc) is 2.66. The smallest absolute Gasteiger partial charge is 0.222 e. The molecule has 6 heteroatoms. The normalized spacial score (nSPS) is 12.7. The molecule has 2 heterocycles. The number of hydrogen-bond acceptors (Lipinski definition) is 4. The second-order valence-electron chi connectivity index (χ2n) is 3.13. The van der Waals surface area contributed by atoms with E-state index in [1.54, 1.807) is 18.3 Å². The Balaban J connectivity index is 2.36. The monoisotopic (exact) mass is 274 g/mol. The summed E-state index contributed by atoms with van der Waals surface area (Å²) in [4.78, 5) is 8.85. The maximum absolute atomic E-state index is 9.39. The van der Waals surface area contributed by atoms with E-state index >= 15 is 0 Å². The number of thiophene rings is 1. The van der Waals surface area contributed by atoms with Gasteiger partial charge in [0.05, 0.1) is 22.6 Å². The quantitative estimate of drug-likeness (QED) is 0.876. The molecular formula is C10H8Cl2N2OS. The fourth-order valence-electron chi connectivity index (χ4n) is 1.39. The molecule has 2 rings (SSSR count). The minimum absolute atomic E-state index is 0.0375. The van der Waals surface area contributed by atoms with Gasteiger partial charge in [-0.15, -0.1) is 11.3 Å². The first-order valence-electron chi connectivity index (χ1n) is 4.55. The van der Waals surface area contributed by atoms with Gasteiger partial charge in [-0.2, -0.15) is 0 Å². The second kappa shape index (κ2) is 5.10. The van der Waals surface area contributed by atoms with Crippen LogP contribution in [0.3, 0.4) is 0 Å². The van der Waals surface area contributed by atoms with E-state index in [4.69, 9.17) is 23.2 Å². The maximum Gasteiger partial charge on any atom is 0.222 e. The molecule has 3 nitrogen and oxygen atoms in total. The molecule has 0 amide bonds. The van der Waals surface area contributed by atoms with Crippen LogP contribution in [0.25, 0.3) is 0 Å². The number of aliphatic hydroxyl groups excluding tert-OH is 1. The molecule has 1 unspecified atom stereocenters. The van der Waals surface area contributed by atoms with Crippen molar-refractivity contribution in [2.45, 2.75) is 5.92 Å². The van der Waals surface area contributed by atoms with Gasteiger partial charge in [-0.3, -0.25) is 0 Å². The van der Waals surface area contributed by atoms with Gasteiger partial charge in [-0.1, -0.05) is 11.6 Å². The molecule has 0 bridgehead atoms. The molecule has 0 aromatic carbocycles. The SMILES string of the molecule is OCC(c1ccnc(Cl)n1)c1ccc(Cl)s1. The largest absolute Gasteiger partial charge is 0.395 e. The Bertz CT molecular complexity index is 489. The van der Waals surface area contributed by atoms with Gasteiger partial charge in [-0.25, -0.2) is 9.97 Å². The Morgan fingerprint density at radius 1 is 1.31 bits per heavy atom. The average molecular weight is 275 g/mol. The summed E-state index contributed by atoms with van der Waals surface area (Å²) in [6.45, 7) is -0.0375. The van der Waals surface area contributed by atoms with Crippen LogP contribution in [0.4, 0.5) is 0 Å². The van der Waals surface area contributed by atoms with Crippen molar-refractivity contribution in [3.63, 3.8) is 0 Å². The van der Waals surface area contributed by atoms with E-state index in [0.717, 1.165) is 4.88 Å². The van der Waals surface area contributed by atoms with Crippen LogP contribution in [-0.4, -0.2) is 21.7 Å². The van der Waals surface area contributed by atoms with Gasteiger partial charge in [0.15, 0.2) is 0 Å². The van der Waals surface area contributed by atoms with Gasteiger partial charge < -0.3 is 5.11 Å². The van der Waals surface area contributed by atoms with Gasteiger partial charge in [0.2, 0.25) is 5.28 Å². The molecule has 0 aliphatic carbocycles. The van der Waals surface area contributed by atoms with Crippen LogP contribution in [-0.2, 0) is 0 Å². The topological polar surface area (TPSA) is 46.0 Å². The highest BCUT2D eigenvalue weighted by molar-refractivity contribution is 7.16. The highest BCUT2D eigenvalue weighted by Crippen LogP contribution is 2.31. The molecule has 2 aromatic heterocycles. The molecule has 1 N–H and O–H groups in total. The Hall–Kier alpha value is -0.680. The van der Waals surface area contributed by atoms with Crippen molar-refractivity contribution in [3.8, 4) is 0 Å². The second-order valence-corrected chi connectivity index (χ2v) is 5.21. The minimum Gasteiger partial charge on any atom is -0.395 e. The summed E-state index contributed by atoms with van der Waals surface area (Å²) in [6, 6.07) is 5.41. The van der Waals surface area contributed by atoms with Crippen molar-refractivity contribution < 1.29 is 5.11 Å². The first-order valence-corrected chi connectivity index (χ1v) is 6.12. The lowest BCUT2D eigenvalue weighted by Crippen LogP contribution is -2.06. The minimum atomic E-state index is -0.196. The van der Waals surface area contributed by atoms with Crippen molar-refractivity contribution in [2.24, 2.45) is 0 Å². The number of aliphatic hydroxyl groups is 1. The number of aromatic nitrogens is 2. The van der Waals surface area contributed by atoms with Crippen molar-refractivity contribution in [2.75, 3.05) is 6.61 Å². The zero-order valence-electron chi connectivity index (χ0n) is 8.10. The highest BCUT2D eigenvalue weighted by atomic mass is 35.5. The summed E-state index contributed by atoms with van der Waals surface area (Å²) >= 11 is 13.0. The Morgan fingerprint density at radius 3 is 2.69 bits per heavy atom. The summed E-state index contributed by atoms with van der Waals surface area (Å²) in [7, 11) is 0. The zero-order valence-corrected chi connectivity index (χ0v) is 10.4. The van der Waals surface area contributed by atoms with Crippen LogP contribution >= 0.6 is 34.5 Å². The maximum atomic E-state index is 9.39. The predicted octanol–water partition coefficient (Wildman–Crippen LogP) is 2.97. The molecule has 0 spiro atoms. The van der Waals surface area contributed by atoms with E-state index in [9.17, 15) is 5.11 Å². The van der Waals surface area contributed by atoms with Gasteiger partial charge in [0.25, 0.3) is 0 Å². The summed E-state index contributed by atoms with van der Waals surface area (Å²) in [5.41, 5.74) is 0.695. The fourth-order valence-corrected chi connectivity index (χ4v) is 2.71. The lowest BCUT2D eigenvalue weighted by Gasteiger charge is -2.11. The summed E-state index contributed by atoms with van der Waals surface area (Å²) < 4.78 is 0.689. The molecule has 2 aromatic rings. The number of hydrogen-bond donors (Lipinski definition) is 1. The zero-order chi connectivity index (χ0) is 11.5. The molecule has 0 aliphatic heterocycles. The first kappa shape index (κ1) is 11.8. The van der Waals surface area contributed by atoms with Crippen LogP contribution in [0.2, 0.25) is 9.62 Å². The standard InChI is InChI=1S/C10H8Cl2N2OS/c11-9-2-1-8(16-9)6(5-15)7-3-4-13-10(12)14-7/h1-4,6,15H,5H2. The summed E-state index contributed by atoms with van der Waals surface area (Å²) in [5.74, 6) is -0.196. The Kier molecular flexibility index (Phi) is 3.76. The lowest BCUT2D eigenvalue weighted by molar-refractivity contribution is 0.280. The van der Waals surface area contributed by atoms with Gasteiger partial charge in [0.1, 0.15) is 0 Å². The van der Waals surface area contributed by atoms with Crippen molar-refractivity contribution in [1.82, 2.24) is 9.97 Å². The van der Waals surface area contributed by atoms with Gasteiger partial charge in [0, 0.05) is 11.1 Å². The molecule has 84 valence electrons. The Morgan fingerprint density at radius 2 is 2.12 bits per heavy atom. The molecular weight excluding hydrogens is 267 g/mol. The first-order chi connectivity index (χ1) is 7.70. The molecule has 0 radical (unpaired) electrons. The third kappa shape index (κ3) is 2.52.